The van der Waals surface area contributed by atoms with Gasteiger partial charge in [0.05, 0.1) is 5.69 Å². The Kier molecular flexibility index (Phi) is 4.51. The lowest BCUT2D eigenvalue weighted by Crippen LogP contribution is -2.12. The number of para-hydroxylation sites is 1. The summed E-state index contributed by atoms with van der Waals surface area (Å²) in [6.45, 7) is 0. The molecule has 4 heteroatoms. The molecule has 6 aromatic rings. The average Bonchev–Trinajstić information content (AvgIpc) is 3.37. The molecule has 0 aliphatic heterocycles. The minimum atomic E-state index is 0.534. The van der Waals surface area contributed by atoms with E-state index in [1.54, 1.807) is 11.3 Å². The van der Waals surface area contributed by atoms with Gasteiger partial charge in [-0.3, -0.25) is 0 Å². The number of fused-ring (bicyclic) bond motifs is 4. The molecule has 32 heavy (non-hydrogen) atoms. The summed E-state index contributed by atoms with van der Waals surface area (Å²) in [5.74, 6) is 0.534. The van der Waals surface area contributed by atoms with E-state index in [1.807, 2.05) is 42.5 Å². The Morgan fingerprint density at radius 1 is 0.750 bits per heavy atom. The standard InChI is InChI=1S/C28H20N2OS/c29-28(19-8-2-1-3-9-19)30-27-21-11-5-7-13-25(21)32-26(27)17-18-14-15-24-22(16-18)20-10-4-6-12-23(20)31-24/h1-16H,17H2,(H2,29,30). The Labute approximate surface area is 189 Å². The van der Waals surface area contributed by atoms with Gasteiger partial charge in [-0.25, -0.2) is 4.99 Å². The van der Waals surface area contributed by atoms with E-state index in [9.17, 15) is 0 Å². The van der Waals surface area contributed by atoms with E-state index in [2.05, 4.69) is 54.6 Å². The molecule has 4 aromatic carbocycles. The number of rotatable bonds is 4. The lowest BCUT2D eigenvalue weighted by Gasteiger charge is -2.04. The highest BCUT2D eigenvalue weighted by Gasteiger charge is 2.14. The van der Waals surface area contributed by atoms with Crippen molar-refractivity contribution >= 4 is 54.9 Å². The lowest BCUT2D eigenvalue weighted by molar-refractivity contribution is 0.669. The average molecular weight is 433 g/mol. The lowest BCUT2D eigenvalue weighted by atomic mass is 10.1. The Hall–Kier alpha value is -3.89. The van der Waals surface area contributed by atoms with Gasteiger partial charge in [-0.15, -0.1) is 11.3 Å². The Balaban J connectivity index is 1.47. The van der Waals surface area contributed by atoms with Gasteiger partial charge in [0.1, 0.15) is 17.0 Å². The first-order chi connectivity index (χ1) is 15.8. The van der Waals surface area contributed by atoms with Gasteiger partial charge in [0.25, 0.3) is 0 Å². The molecule has 0 saturated heterocycles. The maximum atomic E-state index is 6.40. The Bertz CT molecular complexity index is 1610. The number of hydrogen-bond acceptors (Lipinski definition) is 3. The van der Waals surface area contributed by atoms with Crippen LogP contribution in [0.15, 0.2) is 106 Å². The number of hydrogen-bond donors (Lipinski definition) is 1. The second kappa shape index (κ2) is 7.66. The molecule has 154 valence electrons. The summed E-state index contributed by atoms with van der Waals surface area (Å²) in [5, 5.41) is 3.43. The van der Waals surface area contributed by atoms with E-state index in [0.29, 0.717) is 5.84 Å². The van der Waals surface area contributed by atoms with Gasteiger partial charge in [-0.05, 0) is 29.8 Å². The van der Waals surface area contributed by atoms with Crippen molar-refractivity contribution in [2.45, 2.75) is 6.42 Å². The molecule has 3 nitrogen and oxygen atoms in total. The fourth-order valence-corrected chi connectivity index (χ4v) is 5.37. The van der Waals surface area contributed by atoms with Gasteiger partial charge in [0.15, 0.2) is 0 Å². The highest BCUT2D eigenvalue weighted by molar-refractivity contribution is 7.19. The van der Waals surface area contributed by atoms with Gasteiger partial charge in [-0.1, -0.05) is 72.8 Å². The van der Waals surface area contributed by atoms with Crippen molar-refractivity contribution in [3.05, 3.63) is 113 Å². The number of aliphatic imine (C=N–C) groups is 1. The molecule has 0 saturated carbocycles. The topological polar surface area (TPSA) is 51.5 Å². The molecule has 0 unspecified atom stereocenters. The number of nitrogens with two attached hydrogens (primary N) is 1. The molecule has 0 aliphatic carbocycles. The van der Waals surface area contributed by atoms with E-state index in [1.165, 1.54) is 15.1 Å². The number of thiophene rings is 1. The van der Waals surface area contributed by atoms with Crippen LogP contribution in [-0.2, 0) is 6.42 Å². The van der Waals surface area contributed by atoms with Gasteiger partial charge in [0.2, 0.25) is 0 Å². The molecule has 0 radical (unpaired) electrons. The number of nitrogens with zero attached hydrogens (tertiary/aromatic N) is 1. The summed E-state index contributed by atoms with van der Waals surface area (Å²) in [4.78, 5) is 6.11. The third-order valence-corrected chi connectivity index (χ3v) is 6.91. The van der Waals surface area contributed by atoms with Crippen LogP contribution in [0.1, 0.15) is 16.0 Å². The van der Waals surface area contributed by atoms with E-state index in [4.69, 9.17) is 15.1 Å². The third kappa shape index (κ3) is 3.26. The van der Waals surface area contributed by atoms with Gasteiger partial charge in [-0.2, -0.15) is 0 Å². The minimum Gasteiger partial charge on any atom is -0.456 e. The predicted octanol–water partition coefficient (Wildman–Crippen LogP) is 7.43. The number of benzene rings is 4. The van der Waals surface area contributed by atoms with Gasteiger partial charge < -0.3 is 10.2 Å². The summed E-state index contributed by atoms with van der Waals surface area (Å²) in [7, 11) is 0. The highest BCUT2D eigenvalue weighted by Crippen LogP contribution is 2.40. The Morgan fingerprint density at radius 3 is 2.34 bits per heavy atom. The Morgan fingerprint density at radius 2 is 1.47 bits per heavy atom. The molecule has 0 fully saturated rings. The number of amidine groups is 1. The minimum absolute atomic E-state index is 0.534. The second-order valence-electron chi connectivity index (χ2n) is 7.84. The summed E-state index contributed by atoms with van der Waals surface area (Å²) in [6.07, 6.45) is 0.787. The zero-order valence-corrected chi connectivity index (χ0v) is 18.1. The summed E-state index contributed by atoms with van der Waals surface area (Å²) < 4.78 is 7.21. The molecule has 6 rings (SSSR count). The monoisotopic (exact) mass is 432 g/mol. The molecule has 0 amide bonds. The van der Waals surface area contributed by atoms with E-state index < -0.39 is 0 Å². The molecule has 0 spiro atoms. The van der Waals surface area contributed by atoms with Crippen LogP contribution in [0.25, 0.3) is 32.0 Å². The summed E-state index contributed by atoms with van der Waals surface area (Å²) >= 11 is 1.78. The molecular formula is C28H20N2OS. The van der Waals surface area contributed by atoms with E-state index >= 15 is 0 Å². The van der Waals surface area contributed by atoms with Crippen molar-refractivity contribution in [3.8, 4) is 0 Å². The first-order valence-corrected chi connectivity index (χ1v) is 11.4. The van der Waals surface area contributed by atoms with Crippen LogP contribution in [0.4, 0.5) is 5.69 Å². The van der Waals surface area contributed by atoms with Crippen molar-refractivity contribution in [2.75, 3.05) is 0 Å². The SMILES string of the molecule is NC(=Nc1c(Cc2ccc3oc4ccccc4c3c2)sc2ccccc12)c1ccccc1. The fourth-order valence-electron chi connectivity index (χ4n) is 4.19. The van der Waals surface area contributed by atoms with Gasteiger partial charge in [0, 0.05) is 37.7 Å². The zero-order chi connectivity index (χ0) is 21.5. The smallest absolute Gasteiger partial charge is 0.135 e. The first kappa shape index (κ1) is 18.8. The van der Waals surface area contributed by atoms with Crippen LogP contribution in [0.5, 0.6) is 0 Å². The van der Waals surface area contributed by atoms with Crippen molar-refractivity contribution in [2.24, 2.45) is 10.7 Å². The van der Waals surface area contributed by atoms with Crippen molar-refractivity contribution in [3.63, 3.8) is 0 Å². The fraction of sp³-hybridized carbons (Fsp3) is 0.0357. The van der Waals surface area contributed by atoms with E-state index in [0.717, 1.165) is 45.0 Å². The summed E-state index contributed by atoms with van der Waals surface area (Å²) in [5.41, 5.74) is 11.4. The van der Waals surface area contributed by atoms with Crippen molar-refractivity contribution in [1.29, 1.82) is 0 Å². The van der Waals surface area contributed by atoms with Crippen LogP contribution in [0.3, 0.4) is 0 Å². The zero-order valence-electron chi connectivity index (χ0n) is 17.3. The quantitative estimate of drug-likeness (QED) is 0.233. The van der Waals surface area contributed by atoms with Crippen LogP contribution in [0, 0.1) is 0 Å². The largest absolute Gasteiger partial charge is 0.456 e. The first-order valence-electron chi connectivity index (χ1n) is 10.6. The van der Waals surface area contributed by atoms with Crippen molar-refractivity contribution in [1.82, 2.24) is 0 Å². The van der Waals surface area contributed by atoms with E-state index in [-0.39, 0.29) is 0 Å². The molecular weight excluding hydrogens is 412 g/mol. The van der Waals surface area contributed by atoms with Gasteiger partial charge >= 0.3 is 0 Å². The molecule has 0 aliphatic rings. The molecule has 2 N–H and O–H groups in total. The normalized spacial score (nSPS) is 12.2. The van der Waals surface area contributed by atoms with Crippen LogP contribution < -0.4 is 5.73 Å². The molecule has 2 heterocycles. The van der Waals surface area contributed by atoms with Crippen LogP contribution >= 0.6 is 11.3 Å². The second-order valence-corrected chi connectivity index (χ2v) is 8.98. The highest BCUT2D eigenvalue weighted by atomic mass is 32.1. The maximum Gasteiger partial charge on any atom is 0.135 e. The van der Waals surface area contributed by atoms with Crippen molar-refractivity contribution < 1.29 is 4.42 Å². The van der Waals surface area contributed by atoms with Crippen LogP contribution in [0.2, 0.25) is 0 Å². The summed E-state index contributed by atoms with van der Waals surface area (Å²) in [6, 6.07) is 33.0. The number of furan rings is 1. The van der Waals surface area contributed by atoms with Crippen LogP contribution in [-0.4, -0.2) is 5.84 Å². The maximum absolute atomic E-state index is 6.40. The molecule has 0 bridgehead atoms. The third-order valence-electron chi connectivity index (χ3n) is 5.75. The molecule has 2 aromatic heterocycles. The predicted molar refractivity (Wildman–Crippen MR) is 135 cm³/mol. The molecule has 0 atom stereocenters.